The summed E-state index contributed by atoms with van der Waals surface area (Å²) in [6.45, 7) is 17.8. The van der Waals surface area contributed by atoms with E-state index in [1.165, 1.54) is 0 Å². The zero-order valence-corrected chi connectivity index (χ0v) is 21.5. The van der Waals surface area contributed by atoms with Crippen molar-refractivity contribution < 1.29 is 19.5 Å². The minimum atomic E-state index is 0. The Kier molecular flexibility index (Phi) is 18.2. The second-order valence-corrected chi connectivity index (χ2v) is 8.37. The van der Waals surface area contributed by atoms with E-state index in [4.69, 9.17) is 49.7 Å². The zero-order chi connectivity index (χ0) is 17.3. The molecule has 2 nitrogen and oxygen atoms in total. The molecule has 0 fully saturated rings. The second kappa shape index (κ2) is 14.4. The van der Waals surface area contributed by atoms with Crippen LogP contribution in [0, 0.1) is 0 Å². The molecule has 0 N–H and O–H groups in total. The molecule has 0 rings (SSSR count). The van der Waals surface area contributed by atoms with Gasteiger partial charge in [0.1, 0.15) is 0 Å². The minimum absolute atomic E-state index is 0. The topological polar surface area (TPSA) is 6.48 Å². The molecular weight excluding hydrogens is 402 g/mol. The Morgan fingerprint density at radius 2 is 1.09 bits per heavy atom. The normalized spacial score (nSPS) is 10.6. The minimum Gasteiger partial charge on any atom is -0.432 e. The Bertz CT molecular complexity index is 305. The third-order valence-electron chi connectivity index (χ3n) is 2.96. The summed E-state index contributed by atoms with van der Waals surface area (Å²) in [7, 11) is 0. The van der Waals surface area contributed by atoms with Gasteiger partial charge in [0.15, 0.2) is 0 Å². The molecular formula is C15H30N2S4Zn. The number of rotatable bonds is 6. The molecule has 0 aliphatic carbocycles. The van der Waals surface area contributed by atoms with Crippen LogP contribution in [-0.4, -0.2) is 49.0 Å². The van der Waals surface area contributed by atoms with Crippen molar-refractivity contribution >= 4 is 58.2 Å². The van der Waals surface area contributed by atoms with E-state index in [2.05, 4.69) is 60.3 Å². The smallest absolute Gasteiger partial charge is 0.432 e. The van der Waals surface area contributed by atoms with E-state index in [9.17, 15) is 0 Å². The van der Waals surface area contributed by atoms with E-state index in [0.717, 1.165) is 6.54 Å². The summed E-state index contributed by atoms with van der Waals surface area (Å²) < 4.78 is 1.23. The van der Waals surface area contributed by atoms with Gasteiger partial charge in [0.25, 0.3) is 0 Å². The maximum atomic E-state index is 4.91. The van der Waals surface area contributed by atoms with Crippen molar-refractivity contribution in [3.05, 3.63) is 0 Å². The first-order valence-corrected chi connectivity index (χ1v) is 8.99. The largest absolute Gasteiger partial charge is 2.00 e. The fourth-order valence-corrected chi connectivity index (χ4v) is 3.27. The van der Waals surface area contributed by atoms with E-state index in [0.29, 0.717) is 32.7 Å². The van der Waals surface area contributed by atoms with E-state index < -0.39 is 0 Å². The van der Waals surface area contributed by atoms with Gasteiger partial charge in [-0.1, -0.05) is 4.32 Å². The molecule has 0 saturated carbocycles. The summed E-state index contributed by atoms with van der Waals surface area (Å²) in [4.78, 5) is 4.33. The summed E-state index contributed by atoms with van der Waals surface area (Å²) in [5, 5.41) is 0. The van der Waals surface area contributed by atoms with Crippen LogP contribution in [0.1, 0.15) is 55.4 Å². The summed E-state index contributed by atoms with van der Waals surface area (Å²) >= 11 is 19.6. The van der Waals surface area contributed by atoms with Gasteiger partial charge in [-0.25, -0.2) is 0 Å². The Morgan fingerprint density at radius 1 is 0.773 bits per heavy atom. The van der Waals surface area contributed by atoms with Gasteiger partial charge < -0.3 is 54.6 Å². The van der Waals surface area contributed by atoms with E-state index in [1.807, 2.05) is 4.90 Å². The predicted molar refractivity (Wildman–Crippen MR) is 109 cm³/mol. The fraction of sp³-hybridized carbons (Fsp3) is 0.867. The van der Waals surface area contributed by atoms with Crippen molar-refractivity contribution in [3.8, 4) is 0 Å². The van der Waals surface area contributed by atoms with Crippen LogP contribution in [0.4, 0.5) is 0 Å². The van der Waals surface area contributed by atoms with Crippen LogP contribution >= 0.6 is 24.4 Å². The summed E-state index contributed by atoms with van der Waals surface area (Å²) in [6, 6.07) is 1.89. The Balaban J connectivity index is -0.000000315. The van der Waals surface area contributed by atoms with Crippen molar-refractivity contribution in [3.63, 3.8) is 0 Å². The number of hydrogen-bond acceptors (Lipinski definition) is 5. The summed E-state index contributed by atoms with van der Waals surface area (Å²) in [5.74, 6) is 0. The fourth-order valence-electron chi connectivity index (χ4n) is 2.13. The molecule has 0 aliphatic rings. The van der Waals surface area contributed by atoms with Gasteiger partial charge in [0.2, 0.25) is 0 Å². The number of nitrogens with zero attached hydrogens (tertiary/aromatic N) is 2. The average Bonchev–Trinajstić information content (AvgIpc) is 2.23. The molecule has 0 amide bonds. The quantitative estimate of drug-likeness (QED) is 0.354. The first-order chi connectivity index (χ1) is 9.41. The molecule has 7 heteroatoms. The van der Waals surface area contributed by atoms with Crippen LogP contribution in [0.15, 0.2) is 0 Å². The molecule has 0 aliphatic heterocycles. The summed E-state index contributed by atoms with van der Waals surface area (Å²) in [6.07, 6.45) is 0. The molecule has 0 saturated heterocycles. The molecule has 0 aromatic heterocycles. The summed E-state index contributed by atoms with van der Waals surface area (Å²) in [5.41, 5.74) is 0. The molecule has 0 aromatic carbocycles. The molecule has 22 heavy (non-hydrogen) atoms. The number of thiocarbonyl (C=S) groups is 2. The number of hydrogen-bond donors (Lipinski definition) is 0. The van der Waals surface area contributed by atoms with E-state index in [1.54, 1.807) is 0 Å². The Labute approximate surface area is 172 Å². The van der Waals surface area contributed by atoms with Crippen LogP contribution in [-0.2, 0) is 44.7 Å². The first kappa shape index (κ1) is 27.8. The van der Waals surface area contributed by atoms with Gasteiger partial charge in [-0.05, 0) is 55.4 Å². The molecule has 0 heterocycles. The van der Waals surface area contributed by atoms with Gasteiger partial charge in [-0.2, -0.15) is 0 Å². The van der Waals surface area contributed by atoms with Crippen molar-refractivity contribution in [2.75, 3.05) is 6.54 Å². The molecule has 0 spiro atoms. The van der Waals surface area contributed by atoms with Crippen LogP contribution in [0.5, 0.6) is 0 Å². The monoisotopic (exact) mass is 430 g/mol. The SMILES string of the molecule is CC(C)N(C(=S)[S-])C(C)C.CC(C)N(CC(=S)[S-])C(C)C.[Zn+2]. The van der Waals surface area contributed by atoms with Crippen LogP contribution in [0.2, 0.25) is 0 Å². The third kappa shape index (κ3) is 13.4. The molecule has 0 unspecified atom stereocenters. The van der Waals surface area contributed by atoms with Crippen molar-refractivity contribution in [2.24, 2.45) is 0 Å². The maximum Gasteiger partial charge on any atom is 2.00 e. The van der Waals surface area contributed by atoms with Gasteiger partial charge in [0.05, 0.1) is 0 Å². The molecule has 0 aromatic rings. The molecule has 0 bridgehead atoms. The van der Waals surface area contributed by atoms with Gasteiger partial charge in [-0.15, -0.1) is 4.20 Å². The molecule has 126 valence electrons. The third-order valence-corrected chi connectivity index (χ3v) is 3.64. The van der Waals surface area contributed by atoms with Crippen molar-refractivity contribution in [2.45, 2.75) is 79.6 Å². The van der Waals surface area contributed by atoms with E-state index >= 15 is 0 Å². The molecule has 0 atom stereocenters. The van der Waals surface area contributed by atoms with Crippen LogP contribution in [0.25, 0.3) is 0 Å². The zero-order valence-electron chi connectivity index (χ0n) is 15.3. The average molecular weight is 432 g/mol. The van der Waals surface area contributed by atoms with Gasteiger partial charge in [-0.3, -0.25) is 4.90 Å². The standard InChI is InChI=1S/C8H17NS2.C7H15NS2.Zn/c1-6(2)9(7(3)4)5-8(10)11;1-5(2)8(6(3)4)7(9)10;/h6-7H,5H2,1-4H3,(H,10,11);5-6H,1-4H3,(H,9,10);/q;;+2/p-2. The second-order valence-electron chi connectivity index (χ2n) is 6.09. The predicted octanol–water partition coefficient (Wildman–Crippen LogP) is 3.91. The Morgan fingerprint density at radius 3 is 1.14 bits per heavy atom. The maximum absolute atomic E-state index is 4.91. The Hall–Kier alpha value is 1.00. The van der Waals surface area contributed by atoms with E-state index in [-0.39, 0.29) is 19.5 Å². The van der Waals surface area contributed by atoms with Crippen molar-refractivity contribution in [1.29, 1.82) is 0 Å². The van der Waals surface area contributed by atoms with Crippen LogP contribution in [0.3, 0.4) is 0 Å². The molecule has 0 radical (unpaired) electrons. The van der Waals surface area contributed by atoms with Crippen LogP contribution < -0.4 is 0 Å². The van der Waals surface area contributed by atoms with Gasteiger partial charge in [0, 0.05) is 30.7 Å². The van der Waals surface area contributed by atoms with Crippen molar-refractivity contribution in [1.82, 2.24) is 9.80 Å². The first-order valence-electron chi connectivity index (χ1n) is 7.36. The van der Waals surface area contributed by atoms with Gasteiger partial charge >= 0.3 is 19.5 Å².